The zero-order valence-electron chi connectivity index (χ0n) is 23.1. The number of likely N-dealkylation sites (tertiary alicyclic amines) is 1. The van der Waals surface area contributed by atoms with Crippen molar-refractivity contribution in [3.8, 4) is 0 Å². The Bertz CT molecular complexity index is 1330. The zero-order valence-corrected chi connectivity index (χ0v) is 23.1. The first-order valence-corrected chi connectivity index (χ1v) is 13.8. The fourth-order valence-corrected chi connectivity index (χ4v) is 4.94. The maximum atomic E-state index is 13.2. The molecule has 2 amide bonds. The zero-order chi connectivity index (χ0) is 31.0. The molecule has 0 aliphatic carbocycles. The van der Waals surface area contributed by atoms with E-state index in [2.05, 4.69) is 33.0 Å². The lowest BCUT2D eigenvalue weighted by atomic mass is 10.0. The van der Waals surface area contributed by atoms with Crippen molar-refractivity contribution in [1.29, 1.82) is 0 Å². The smallest absolute Gasteiger partial charge is 0.350 e. The normalized spacial score (nSPS) is 15.6. The maximum absolute atomic E-state index is 13.2. The van der Waals surface area contributed by atoms with Crippen LogP contribution in [0.2, 0.25) is 0 Å². The van der Waals surface area contributed by atoms with E-state index in [9.17, 15) is 35.9 Å². The third-order valence-corrected chi connectivity index (χ3v) is 7.24. The van der Waals surface area contributed by atoms with Gasteiger partial charge in [-0.15, -0.1) is 0 Å². The van der Waals surface area contributed by atoms with Crippen molar-refractivity contribution in [3.63, 3.8) is 0 Å². The predicted octanol–water partition coefficient (Wildman–Crippen LogP) is 5.57. The molecule has 230 valence electrons. The summed E-state index contributed by atoms with van der Waals surface area (Å²) in [4.78, 5) is 27.9. The van der Waals surface area contributed by atoms with Gasteiger partial charge in [0.05, 0.1) is 23.7 Å². The van der Waals surface area contributed by atoms with Gasteiger partial charge in [-0.1, -0.05) is 60.7 Å². The second kappa shape index (κ2) is 14.0. The minimum absolute atomic E-state index is 0.00318. The molecule has 1 aliphatic heterocycles. The second-order valence-electron chi connectivity index (χ2n) is 10.5. The Morgan fingerprint density at radius 3 is 1.93 bits per heavy atom. The summed E-state index contributed by atoms with van der Waals surface area (Å²) in [7, 11) is 0. The van der Waals surface area contributed by atoms with Gasteiger partial charge < -0.3 is 16.0 Å². The molecular weight excluding hydrogens is 574 g/mol. The first-order valence-electron chi connectivity index (χ1n) is 13.8. The molecule has 0 saturated carbocycles. The highest BCUT2D eigenvalue weighted by Crippen LogP contribution is 2.36. The maximum Gasteiger partial charge on any atom is 0.416 e. The van der Waals surface area contributed by atoms with E-state index >= 15 is 0 Å². The molecule has 0 spiro atoms. The van der Waals surface area contributed by atoms with Crippen molar-refractivity contribution >= 4 is 11.8 Å². The van der Waals surface area contributed by atoms with E-state index < -0.39 is 41.0 Å². The van der Waals surface area contributed by atoms with Gasteiger partial charge in [0, 0.05) is 24.7 Å². The van der Waals surface area contributed by atoms with E-state index in [1.54, 1.807) is 30.3 Å². The van der Waals surface area contributed by atoms with Crippen LogP contribution in [0.1, 0.15) is 51.5 Å². The Hall–Kier alpha value is -3.90. The van der Waals surface area contributed by atoms with Crippen LogP contribution in [0.25, 0.3) is 0 Å². The van der Waals surface area contributed by atoms with Crippen LogP contribution >= 0.6 is 0 Å². The Morgan fingerprint density at radius 1 is 0.814 bits per heavy atom. The van der Waals surface area contributed by atoms with Gasteiger partial charge >= 0.3 is 12.4 Å². The van der Waals surface area contributed by atoms with Crippen molar-refractivity contribution in [3.05, 3.63) is 107 Å². The van der Waals surface area contributed by atoms with E-state index in [1.807, 2.05) is 18.2 Å². The average molecular weight is 607 g/mol. The number of nitrogens with zero attached hydrogens (tertiary/aromatic N) is 1. The Labute approximate surface area is 245 Å². The van der Waals surface area contributed by atoms with E-state index in [1.165, 1.54) is 5.56 Å². The summed E-state index contributed by atoms with van der Waals surface area (Å²) in [5.41, 5.74) is -2.12. The fourth-order valence-electron chi connectivity index (χ4n) is 4.94. The van der Waals surface area contributed by atoms with Gasteiger partial charge in [-0.25, -0.2) is 0 Å². The molecule has 1 atom stereocenters. The SMILES string of the molecule is O=C(CNC1CCN(Cc2ccccc2)CC1)NC(CNC(=O)c1cc(C(F)(F)F)cc(C(F)(F)F)c1)c1ccccc1. The highest BCUT2D eigenvalue weighted by atomic mass is 19.4. The highest BCUT2D eigenvalue weighted by molar-refractivity contribution is 5.94. The molecule has 6 nitrogen and oxygen atoms in total. The van der Waals surface area contributed by atoms with Crippen LogP contribution in [-0.2, 0) is 23.7 Å². The summed E-state index contributed by atoms with van der Waals surface area (Å²) in [6, 6.07) is 18.8. The average Bonchev–Trinajstić information content (AvgIpc) is 2.98. The first-order chi connectivity index (χ1) is 20.4. The molecule has 4 rings (SSSR count). The lowest BCUT2D eigenvalue weighted by Gasteiger charge is -2.32. The molecule has 3 N–H and O–H groups in total. The van der Waals surface area contributed by atoms with Crippen molar-refractivity contribution in [2.45, 2.75) is 43.8 Å². The van der Waals surface area contributed by atoms with E-state index in [-0.39, 0.29) is 31.1 Å². The Balaban J connectivity index is 1.34. The van der Waals surface area contributed by atoms with Crippen molar-refractivity contribution in [2.24, 2.45) is 0 Å². The van der Waals surface area contributed by atoms with Gasteiger partial charge in [-0.05, 0) is 55.3 Å². The molecule has 1 fully saturated rings. The van der Waals surface area contributed by atoms with Crippen molar-refractivity contribution in [1.82, 2.24) is 20.9 Å². The monoisotopic (exact) mass is 606 g/mol. The molecule has 0 aromatic heterocycles. The molecule has 1 heterocycles. The number of carbonyl (C=O) groups is 2. The summed E-state index contributed by atoms with van der Waals surface area (Å²) in [5.74, 6) is -1.50. The summed E-state index contributed by atoms with van der Waals surface area (Å²) in [6.07, 6.45) is -8.45. The van der Waals surface area contributed by atoms with Crippen LogP contribution in [0.4, 0.5) is 26.3 Å². The number of halogens is 6. The Kier molecular flexibility index (Phi) is 10.5. The van der Waals surface area contributed by atoms with Gasteiger partial charge in [0.1, 0.15) is 0 Å². The lowest BCUT2D eigenvalue weighted by Crippen LogP contribution is -2.47. The molecule has 12 heteroatoms. The molecule has 43 heavy (non-hydrogen) atoms. The number of carbonyl (C=O) groups excluding carboxylic acids is 2. The summed E-state index contributed by atoms with van der Waals surface area (Å²) in [5, 5.41) is 8.44. The number of benzene rings is 3. The fraction of sp³-hybridized carbons (Fsp3) is 0.355. The van der Waals surface area contributed by atoms with Gasteiger partial charge in [-0.2, -0.15) is 26.3 Å². The number of rotatable bonds is 10. The van der Waals surface area contributed by atoms with Gasteiger partial charge in [-0.3, -0.25) is 14.5 Å². The van der Waals surface area contributed by atoms with E-state index in [0.29, 0.717) is 17.7 Å². The predicted molar refractivity (Wildman–Crippen MR) is 149 cm³/mol. The summed E-state index contributed by atoms with van der Waals surface area (Å²) < 4.78 is 79.4. The summed E-state index contributed by atoms with van der Waals surface area (Å²) >= 11 is 0. The molecule has 1 aliphatic rings. The van der Waals surface area contributed by atoms with E-state index in [0.717, 1.165) is 32.5 Å². The molecule has 0 radical (unpaired) electrons. The van der Waals surface area contributed by atoms with Crippen LogP contribution in [0, 0.1) is 0 Å². The Morgan fingerprint density at radius 2 is 1.37 bits per heavy atom. The molecule has 3 aromatic rings. The topological polar surface area (TPSA) is 73.5 Å². The van der Waals surface area contributed by atoms with Crippen molar-refractivity contribution in [2.75, 3.05) is 26.2 Å². The molecule has 0 bridgehead atoms. The number of piperidine rings is 1. The van der Waals surface area contributed by atoms with E-state index in [4.69, 9.17) is 0 Å². The minimum Gasteiger partial charge on any atom is -0.350 e. The van der Waals surface area contributed by atoms with Crippen LogP contribution in [0.3, 0.4) is 0 Å². The number of hydrogen-bond acceptors (Lipinski definition) is 4. The molecule has 3 aromatic carbocycles. The molecule has 1 unspecified atom stereocenters. The third kappa shape index (κ3) is 9.55. The largest absolute Gasteiger partial charge is 0.416 e. The molecular formula is C31H32F6N4O2. The quantitative estimate of drug-likeness (QED) is 0.264. The lowest BCUT2D eigenvalue weighted by molar-refractivity contribution is -0.143. The minimum atomic E-state index is -5.08. The van der Waals surface area contributed by atoms with Gasteiger partial charge in [0.15, 0.2) is 0 Å². The van der Waals surface area contributed by atoms with Gasteiger partial charge in [0.25, 0.3) is 5.91 Å². The van der Waals surface area contributed by atoms with Crippen LogP contribution < -0.4 is 16.0 Å². The number of alkyl halides is 6. The standard InChI is InChI=1S/C31H32F6N4O2/c32-30(33,34)24-15-23(16-25(17-24)31(35,36)37)29(43)39-18-27(22-9-5-2-6-10-22)40-28(42)19-38-26-11-13-41(14-12-26)20-21-7-3-1-4-8-21/h1-10,15-17,26-27,38H,11-14,18-20H2,(H,39,43)(H,40,42). The number of nitrogens with one attached hydrogen (secondary N) is 3. The van der Waals surface area contributed by atoms with Crippen LogP contribution in [-0.4, -0.2) is 48.9 Å². The number of hydrogen-bond donors (Lipinski definition) is 3. The van der Waals surface area contributed by atoms with Crippen LogP contribution in [0.5, 0.6) is 0 Å². The van der Waals surface area contributed by atoms with Crippen molar-refractivity contribution < 1.29 is 35.9 Å². The first kappa shape index (κ1) is 32.0. The van der Waals surface area contributed by atoms with Gasteiger partial charge in [0.2, 0.25) is 5.91 Å². The molecule has 1 saturated heterocycles. The summed E-state index contributed by atoms with van der Waals surface area (Å²) in [6.45, 7) is 2.35. The highest BCUT2D eigenvalue weighted by Gasteiger charge is 2.37. The number of amides is 2. The van der Waals surface area contributed by atoms with Crippen LogP contribution in [0.15, 0.2) is 78.9 Å². The second-order valence-corrected chi connectivity index (χ2v) is 10.5. The third-order valence-electron chi connectivity index (χ3n) is 7.24.